The molecular weight excluding hydrogens is 304 g/mol. The molecule has 0 bridgehead atoms. The summed E-state index contributed by atoms with van der Waals surface area (Å²) in [6.45, 7) is -0.226. The van der Waals surface area contributed by atoms with Crippen LogP contribution in [0.5, 0.6) is 5.75 Å². The largest absolute Gasteiger partial charge is 0.487 e. The number of hydrogen-bond donors (Lipinski definition) is 0. The Labute approximate surface area is 130 Å². The van der Waals surface area contributed by atoms with Crippen molar-refractivity contribution in [3.05, 3.63) is 69.0 Å². The van der Waals surface area contributed by atoms with Gasteiger partial charge in [0.15, 0.2) is 6.29 Å². The van der Waals surface area contributed by atoms with Gasteiger partial charge in [-0.05, 0) is 24.3 Å². The van der Waals surface area contributed by atoms with E-state index in [1.54, 1.807) is 18.2 Å². The number of benzene rings is 1. The average molecular weight is 316 g/mol. The maximum atomic E-state index is 11.0. The molecule has 0 amide bonds. The number of nitrogens with zero attached hydrogens (tertiary/aromatic N) is 2. The summed E-state index contributed by atoms with van der Waals surface area (Å²) in [5.41, 5.74) is 1.57. The molecule has 118 valence electrons. The lowest BCUT2D eigenvalue weighted by Crippen LogP contribution is -2.05. The Bertz CT molecular complexity index is 732. The van der Waals surface area contributed by atoms with Crippen LogP contribution in [0.3, 0.4) is 0 Å². The molecular formula is C15H12N2O6. The fraction of sp³-hybridized carbons (Fsp3) is 0.133. The number of aromatic nitrogens is 1. The summed E-state index contributed by atoms with van der Waals surface area (Å²) in [4.78, 5) is 40.3. The number of aldehydes is 2. The standard InChI is InChI=1S/C15H12N2O6/c18-7-11-4-5-12(8-19)15(6-11)22-9-13-2-1-3-14(16-13)10-23-17(20)21/h1-8H,9-10H2. The van der Waals surface area contributed by atoms with Crippen molar-refractivity contribution in [1.29, 1.82) is 0 Å². The van der Waals surface area contributed by atoms with E-state index in [2.05, 4.69) is 9.82 Å². The van der Waals surface area contributed by atoms with Crippen LogP contribution in [0.2, 0.25) is 0 Å². The smallest absolute Gasteiger partial charge is 0.294 e. The molecule has 0 aliphatic carbocycles. The summed E-state index contributed by atoms with van der Waals surface area (Å²) < 4.78 is 5.51. The van der Waals surface area contributed by atoms with Crippen LogP contribution in [0.15, 0.2) is 36.4 Å². The molecule has 2 rings (SSSR count). The van der Waals surface area contributed by atoms with Crippen molar-refractivity contribution in [2.45, 2.75) is 13.2 Å². The summed E-state index contributed by atoms with van der Waals surface area (Å²) in [5, 5.41) is 9.27. The molecule has 0 N–H and O–H groups in total. The van der Waals surface area contributed by atoms with Gasteiger partial charge in [0.05, 0.1) is 17.0 Å². The maximum Gasteiger partial charge on any atom is 0.294 e. The zero-order chi connectivity index (χ0) is 16.7. The fourth-order valence-corrected chi connectivity index (χ4v) is 1.81. The van der Waals surface area contributed by atoms with Gasteiger partial charge in [0.25, 0.3) is 5.09 Å². The van der Waals surface area contributed by atoms with Crippen LogP contribution in [0.25, 0.3) is 0 Å². The summed E-state index contributed by atoms with van der Waals surface area (Å²) in [5.74, 6) is 0.262. The topological polar surface area (TPSA) is 109 Å². The first kappa shape index (κ1) is 16.1. The highest BCUT2D eigenvalue weighted by molar-refractivity contribution is 5.83. The van der Waals surface area contributed by atoms with Crippen LogP contribution in [0.4, 0.5) is 0 Å². The number of pyridine rings is 1. The van der Waals surface area contributed by atoms with Gasteiger partial charge in [-0.2, -0.15) is 0 Å². The SMILES string of the molecule is O=Cc1ccc(C=O)c(OCc2cccc(CO[N+](=O)[O-])n2)c1. The van der Waals surface area contributed by atoms with E-state index >= 15 is 0 Å². The van der Waals surface area contributed by atoms with Gasteiger partial charge in [0.2, 0.25) is 0 Å². The first-order valence-electron chi connectivity index (χ1n) is 6.51. The number of carbonyl (C=O) groups is 2. The van der Waals surface area contributed by atoms with Crippen LogP contribution >= 0.6 is 0 Å². The molecule has 0 aliphatic rings. The monoisotopic (exact) mass is 316 g/mol. The molecule has 0 aliphatic heterocycles. The molecule has 1 heterocycles. The predicted molar refractivity (Wildman–Crippen MR) is 77.6 cm³/mol. The molecule has 0 fully saturated rings. The molecule has 8 nitrogen and oxygen atoms in total. The van der Waals surface area contributed by atoms with Crippen molar-refractivity contribution in [2.24, 2.45) is 0 Å². The van der Waals surface area contributed by atoms with Gasteiger partial charge in [-0.3, -0.25) is 14.6 Å². The van der Waals surface area contributed by atoms with Crippen molar-refractivity contribution in [3.63, 3.8) is 0 Å². The molecule has 0 unspecified atom stereocenters. The number of hydrogen-bond acceptors (Lipinski definition) is 7. The molecule has 0 radical (unpaired) electrons. The number of rotatable bonds is 8. The van der Waals surface area contributed by atoms with E-state index in [4.69, 9.17) is 4.74 Å². The summed E-state index contributed by atoms with van der Waals surface area (Å²) in [7, 11) is 0. The fourth-order valence-electron chi connectivity index (χ4n) is 1.81. The molecule has 8 heteroatoms. The Hall–Kier alpha value is -3.29. The Morgan fingerprint density at radius 3 is 2.48 bits per heavy atom. The highest BCUT2D eigenvalue weighted by atomic mass is 16.9. The molecule has 1 aromatic carbocycles. The lowest BCUT2D eigenvalue weighted by atomic mass is 10.1. The van der Waals surface area contributed by atoms with E-state index in [1.165, 1.54) is 18.2 Å². The molecule has 0 saturated carbocycles. The molecule has 0 atom stereocenters. The third-order valence-electron chi connectivity index (χ3n) is 2.86. The summed E-state index contributed by atoms with van der Waals surface area (Å²) >= 11 is 0. The van der Waals surface area contributed by atoms with Gasteiger partial charge in [-0.25, -0.2) is 0 Å². The van der Waals surface area contributed by atoms with Gasteiger partial charge < -0.3 is 9.57 Å². The zero-order valence-electron chi connectivity index (χ0n) is 11.9. The van der Waals surface area contributed by atoms with Crippen LogP contribution in [-0.4, -0.2) is 22.6 Å². The van der Waals surface area contributed by atoms with E-state index in [0.29, 0.717) is 35.1 Å². The number of ether oxygens (including phenoxy) is 1. The molecule has 23 heavy (non-hydrogen) atoms. The summed E-state index contributed by atoms with van der Waals surface area (Å²) in [6.07, 6.45) is 1.27. The van der Waals surface area contributed by atoms with Crippen molar-refractivity contribution < 1.29 is 24.3 Å². The minimum absolute atomic E-state index is 0.0372. The second-order valence-electron chi connectivity index (χ2n) is 4.44. The van der Waals surface area contributed by atoms with Crippen LogP contribution in [0, 0.1) is 10.1 Å². The lowest BCUT2D eigenvalue weighted by Gasteiger charge is -2.09. The van der Waals surface area contributed by atoms with E-state index < -0.39 is 5.09 Å². The van der Waals surface area contributed by atoms with E-state index in [1.807, 2.05) is 0 Å². The first-order valence-corrected chi connectivity index (χ1v) is 6.51. The number of carbonyl (C=O) groups excluding carboxylic acids is 2. The molecule has 1 aromatic heterocycles. The minimum Gasteiger partial charge on any atom is -0.487 e. The van der Waals surface area contributed by atoms with Gasteiger partial charge in [-0.15, -0.1) is 10.1 Å². The second-order valence-corrected chi connectivity index (χ2v) is 4.44. The Balaban J connectivity index is 2.08. The highest BCUT2D eigenvalue weighted by Gasteiger charge is 2.07. The Morgan fingerprint density at radius 1 is 1.09 bits per heavy atom. The third-order valence-corrected chi connectivity index (χ3v) is 2.86. The normalized spacial score (nSPS) is 9.91. The predicted octanol–water partition coefficient (Wildman–Crippen LogP) is 1.99. The van der Waals surface area contributed by atoms with Crippen molar-refractivity contribution in [2.75, 3.05) is 0 Å². The Kier molecular flexibility index (Phi) is 5.35. The highest BCUT2D eigenvalue weighted by Crippen LogP contribution is 2.19. The van der Waals surface area contributed by atoms with Gasteiger partial charge in [0.1, 0.15) is 25.2 Å². The van der Waals surface area contributed by atoms with Crippen molar-refractivity contribution in [1.82, 2.24) is 4.98 Å². The van der Waals surface area contributed by atoms with E-state index in [-0.39, 0.29) is 19.0 Å². The Morgan fingerprint density at radius 2 is 1.83 bits per heavy atom. The first-order chi connectivity index (χ1) is 11.1. The van der Waals surface area contributed by atoms with Crippen LogP contribution in [-0.2, 0) is 18.1 Å². The van der Waals surface area contributed by atoms with Crippen molar-refractivity contribution in [3.8, 4) is 5.75 Å². The lowest BCUT2D eigenvalue weighted by molar-refractivity contribution is -0.763. The average Bonchev–Trinajstić information content (AvgIpc) is 2.58. The van der Waals surface area contributed by atoms with Crippen LogP contribution in [0.1, 0.15) is 32.1 Å². The van der Waals surface area contributed by atoms with Gasteiger partial charge >= 0.3 is 0 Å². The van der Waals surface area contributed by atoms with Crippen molar-refractivity contribution >= 4 is 12.6 Å². The quantitative estimate of drug-likeness (QED) is 0.416. The van der Waals surface area contributed by atoms with E-state index in [0.717, 1.165) is 0 Å². The molecule has 2 aromatic rings. The zero-order valence-corrected chi connectivity index (χ0v) is 11.9. The van der Waals surface area contributed by atoms with Crippen LogP contribution < -0.4 is 4.74 Å². The van der Waals surface area contributed by atoms with Gasteiger partial charge in [0, 0.05) is 5.56 Å². The van der Waals surface area contributed by atoms with Gasteiger partial charge in [-0.1, -0.05) is 12.1 Å². The third kappa shape index (κ3) is 4.60. The summed E-state index contributed by atoms with van der Waals surface area (Å²) in [6, 6.07) is 9.36. The maximum absolute atomic E-state index is 11.0. The second kappa shape index (κ2) is 7.64. The molecule has 0 spiro atoms. The van der Waals surface area contributed by atoms with E-state index in [9.17, 15) is 19.7 Å². The molecule has 0 saturated heterocycles. The minimum atomic E-state index is -0.897.